The summed E-state index contributed by atoms with van der Waals surface area (Å²) < 4.78 is 0. The Labute approximate surface area is 309 Å². The highest BCUT2D eigenvalue weighted by Gasteiger charge is 2.46. The van der Waals surface area contributed by atoms with E-state index in [9.17, 15) is 0 Å². The number of benzene rings is 6. The Bertz CT molecular complexity index is 2160. The molecule has 0 heterocycles. The van der Waals surface area contributed by atoms with Crippen molar-refractivity contribution in [2.45, 2.75) is 18.4 Å². The smallest absolute Gasteiger partial charge is 0.155 e. The fraction of sp³-hybridized carbons (Fsp3) is 0.0612. The maximum Gasteiger partial charge on any atom is 0.155 e. The van der Waals surface area contributed by atoms with Crippen LogP contribution in [0, 0.1) is 0 Å². The Kier molecular flexibility index (Phi) is 9.77. The topological polar surface area (TPSA) is 6.48 Å². The zero-order valence-electron chi connectivity index (χ0n) is 29.2. The van der Waals surface area contributed by atoms with Crippen molar-refractivity contribution in [2.75, 3.05) is 9.80 Å². The van der Waals surface area contributed by atoms with E-state index in [0.29, 0.717) is 0 Å². The van der Waals surface area contributed by atoms with Crippen molar-refractivity contribution in [3.63, 3.8) is 0 Å². The van der Waals surface area contributed by atoms with Crippen LogP contribution < -0.4 is 20.2 Å². The Morgan fingerprint density at radius 2 is 0.962 bits per heavy atom. The van der Waals surface area contributed by atoms with Gasteiger partial charge in [-0.05, 0) is 101 Å². The van der Waals surface area contributed by atoms with E-state index in [4.69, 9.17) is 0 Å². The lowest BCUT2D eigenvalue weighted by atomic mass is 10.1. The predicted molar refractivity (Wildman–Crippen MR) is 224 cm³/mol. The second-order valence-corrected chi connectivity index (χ2v) is 17.3. The highest BCUT2D eigenvalue weighted by Crippen LogP contribution is 2.41. The molecule has 0 aliphatic heterocycles. The van der Waals surface area contributed by atoms with Crippen molar-refractivity contribution < 1.29 is 0 Å². The Hall–Kier alpha value is -6.16. The molecule has 0 fully saturated rings. The van der Waals surface area contributed by atoms with Crippen LogP contribution in [0.4, 0.5) is 28.4 Å². The van der Waals surface area contributed by atoms with Crippen LogP contribution in [-0.2, 0) is 0 Å². The lowest BCUT2D eigenvalue weighted by molar-refractivity contribution is 0.964. The average Bonchev–Trinajstić information content (AvgIpc) is 3.51. The van der Waals surface area contributed by atoms with Crippen LogP contribution >= 0.6 is 0 Å². The summed E-state index contributed by atoms with van der Waals surface area (Å²) in [5.41, 5.74) is 7.22. The van der Waals surface area contributed by atoms with Crippen LogP contribution in [0.3, 0.4) is 0 Å². The fourth-order valence-corrected chi connectivity index (χ4v) is 13.2. The van der Waals surface area contributed by atoms with Crippen molar-refractivity contribution in [3.05, 3.63) is 235 Å². The summed E-state index contributed by atoms with van der Waals surface area (Å²) in [4.78, 5) is 4.77. The zero-order valence-corrected chi connectivity index (χ0v) is 30.2. The van der Waals surface area contributed by atoms with Gasteiger partial charge in [-0.1, -0.05) is 158 Å². The molecule has 252 valence electrons. The van der Waals surface area contributed by atoms with Gasteiger partial charge in [0.15, 0.2) is 8.07 Å². The van der Waals surface area contributed by atoms with Gasteiger partial charge >= 0.3 is 0 Å². The number of allylic oxidation sites excluding steroid dienone is 9. The lowest BCUT2D eigenvalue weighted by Crippen LogP contribution is -2.63. The van der Waals surface area contributed by atoms with Crippen molar-refractivity contribution in [3.8, 4) is 0 Å². The number of anilines is 5. The molecule has 6 aromatic carbocycles. The monoisotopic (exact) mass is 686 g/mol. The summed E-state index contributed by atoms with van der Waals surface area (Å²) >= 11 is 0. The molecule has 52 heavy (non-hydrogen) atoms. The molecule has 2 nitrogen and oxygen atoms in total. The van der Waals surface area contributed by atoms with Crippen LogP contribution in [0.25, 0.3) is 0 Å². The molecule has 2 aliphatic rings. The van der Waals surface area contributed by atoms with E-state index >= 15 is 0 Å². The molecule has 2 unspecified atom stereocenters. The Morgan fingerprint density at radius 3 is 1.50 bits per heavy atom. The van der Waals surface area contributed by atoms with Crippen molar-refractivity contribution in [2.24, 2.45) is 0 Å². The molecule has 2 atom stereocenters. The minimum absolute atomic E-state index is 0.270. The fourth-order valence-electron chi connectivity index (χ4n) is 7.87. The van der Waals surface area contributed by atoms with Crippen molar-refractivity contribution >= 4 is 46.9 Å². The minimum atomic E-state index is -2.73. The molecule has 0 amide bonds. The van der Waals surface area contributed by atoms with Crippen LogP contribution in [0.1, 0.15) is 12.8 Å². The van der Waals surface area contributed by atoms with E-state index in [2.05, 4.69) is 234 Å². The van der Waals surface area contributed by atoms with E-state index in [0.717, 1.165) is 41.3 Å². The molecule has 0 aromatic heterocycles. The Morgan fingerprint density at radius 1 is 0.462 bits per heavy atom. The van der Waals surface area contributed by atoms with Gasteiger partial charge in [-0.3, -0.25) is 0 Å². The summed E-state index contributed by atoms with van der Waals surface area (Å²) in [7, 11) is -2.73. The largest absolute Gasteiger partial charge is 0.311 e. The van der Waals surface area contributed by atoms with Crippen molar-refractivity contribution in [1.29, 1.82) is 0 Å². The van der Waals surface area contributed by atoms with E-state index in [-0.39, 0.29) is 5.54 Å². The molecule has 0 N–H and O–H groups in total. The maximum absolute atomic E-state index is 2.73. The van der Waals surface area contributed by atoms with Crippen LogP contribution in [0.5, 0.6) is 0 Å². The SMILES string of the molecule is C1=CCC=CC([Si](c2ccccc2)(c2cccc(N(c3ccccc3)c3ccccc3)c2)C2C=CC(N(c3ccccc3)c3ccccc3)=CC2)=C1. The summed E-state index contributed by atoms with van der Waals surface area (Å²) in [5, 5.41) is 4.23. The molecule has 8 rings (SSSR count). The van der Waals surface area contributed by atoms with Gasteiger partial charge in [0.05, 0.1) is 0 Å². The molecule has 0 saturated carbocycles. The van der Waals surface area contributed by atoms with Gasteiger partial charge in [0.2, 0.25) is 0 Å². The minimum Gasteiger partial charge on any atom is -0.311 e. The highest BCUT2D eigenvalue weighted by molar-refractivity contribution is 7.09. The molecule has 0 spiro atoms. The third kappa shape index (κ3) is 6.55. The molecule has 0 saturated heterocycles. The van der Waals surface area contributed by atoms with Crippen LogP contribution in [-0.4, -0.2) is 8.07 Å². The van der Waals surface area contributed by atoms with Gasteiger partial charge in [-0.25, -0.2) is 0 Å². The lowest BCUT2D eigenvalue weighted by Gasteiger charge is -2.42. The maximum atomic E-state index is 2.52. The van der Waals surface area contributed by atoms with E-state index in [1.807, 2.05) is 0 Å². The van der Waals surface area contributed by atoms with E-state index < -0.39 is 8.07 Å². The molecule has 6 aromatic rings. The first-order valence-corrected chi connectivity index (χ1v) is 20.3. The first-order chi connectivity index (χ1) is 25.8. The average molecular weight is 687 g/mol. The summed E-state index contributed by atoms with van der Waals surface area (Å²) in [6, 6.07) is 63.6. The van der Waals surface area contributed by atoms with Gasteiger partial charge in [-0.15, -0.1) is 0 Å². The first-order valence-electron chi connectivity index (χ1n) is 18.2. The summed E-state index contributed by atoms with van der Waals surface area (Å²) in [6.45, 7) is 0. The van der Waals surface area contributed by atoms with Gasteiger partial charge < -0.3 is 9.80 Å². The molecular weight excluding hydrogens is 645 g/mol. The van der Waals surface area contributed by atoms with Gasteiger partial charge in [0.1, 0.15) is 0 Å². The van der Waals surface area contributed by atoms with Crippen LogP contribution in [0.2, 0.25) is 5.54 Å². The van der Waals surface area contributed by atoms with E-state index in [1.165, 1.54) is 21.3 Å². The Balaban J connectivity index is 1.30. The van der Waals surface area contributed by atoms with Crippen molar-refractivity contribution in [1.82, 2.24) is 0 Å². The van der Waals surface area contributed by atoms with Crippen LogP contribution in [0.15, 0.2) is 235 Å². The van der Waals surface area contributed by atoms with Gasteiger partial charge in [0.25, 0.3) is 0 Å². The molecule has 2 aliphatic carbocycles. The van der Waals surface area contributed by atoms with Gasteiger partial charge in [-0.2, -0.15) is 0 Å². The van der Waals surface area contributed by atoms with E-state index in [1.54, 1.807) is 0 Å². The molecule has 0 bridgehead atoms. The number of hydrogen-bond donors (Lipinski definition) is 0. The number of nitrogens with zero attached hydrogens (tertiary/aromatic N) is 2. The quantitative estimate of drug-likeness (QED) is 0.132. The highest BCUT2D eigenvalue weighted by atomic mass is 28.3. The third-order valence-corrected chi connectivity index (χ3v) is 15.4. The molecule has 0 radical (unpaired) electrons. The summed E-state index contributed by atoms with van der Waals surface area (Å²) in [5.74, 6) is 0. The normalized spacial score (nSPS) is 16.3. The molecular formula is C49H42N2Si. The molecule has 3 heteroatoms. The number of para-hydroxylation sites is 4. The first kappa shape index (κ1) is 33.0. The third-order valence-electron chi connectivity index (χ3n) is 10.2. The predicted octanol–water partition coefficient (Wildman–Crippen LogP) is 11.8. The second kappa shape index (κ2) is 15.4. The number of hydrogen-bond acceptors (Lipinski definition) is 2. The standard InChI is InChI=1S/C49H42N2Si/c1-2-17-31-46(30-16-1)52(47-32-18-7-19-33-47,48-37-35-44(36-38-48)50(40-21-8-3-9-22-40)41-23-10-4-11-24-41)49-34-20-29-45(39-49)51(42-25-12-5-13-26-42)43-27-14-6-15-28-43/h1,3-37,39,48H,2,38H2. The van der Waals surface area contributed by atoms with Gasteiger partial charge in [0, 0.05) is 34.1 Å². The number of rotatable bonds is 10. The zero-order chi connectivity index (χ0) is 35.0. The second-order valence-electron chi connectivity index (χ2n) is 13.3. The summed E-state index contributed by atoms with van der Waals surface area (Å²) in [6.07, 6.45) is 20.9.